The molecule has 2 aromatic carbocycles. The van der Waals surface area contributed by atoms with E-state index in [1.807, 2.05) is 36.4 Å². The highest BCUT2D eigenvalue weighted by molar-refractivity contribution is 5.45. The molecule has 0 aromatic heterocycles. The zero-order valence-corrected chi connectivity index (χ0v) is 12.0. The number of benzene rings is 2. The Bertz CT molecular complexity index is 610. The Morgan fingerprint density at radius 1 is 1.05 bits per heavy atom. The van der Waals surface area contributed by atoms with Crippen LogP contribution in [-0.4, -0.2) is 11.9 Å². The summed E-state index contributed by atoms with van der Waals surface area (Å²) in [4.78, 5) is 0. The molecule has 0 bridgehead atoms. The van der Waals surface area contributed by atoms with E-state index in [0.717, 1.165) is 23.6 Å². The minimum absolute atomic E-state index is 0.0846. The number of fused-ring (bicyclic) bond motifs is 1. The predicted octanol–water partition coefficient (Wildman–Crippen LogP) is 2.76. The molecule has 1 aliphatic rings. The van der Waals surface area contributed by atoms with Gasteiger partial charge in [0.1, 0.15) is 0 Å². The monoisotopic (exact) mass is 285 g/mol. The molecule has 4 heteroatoms. The van der Waals surface area contributed by atoms with Crippen molar-refractivity contribution < 1.29 is 14.6 Å². The first kappa shape index (κ1) is 13.9. The van der Waals surface area contributed by atoms with Gasteiger partial charge in [0.15, 0.2) is 11.5 Å². The van der Waals surface area contributed by atoms with Crippen molar-refractivity contribution in [3.63, 3.8) is 0 Å². The average Bonchev–Trinajstić information content (AvgIpc) is 3.00. The lowest BCUT2D eigenvalue weighted by atomic mass is 10.1. The third-order valence-corrected chi connectivity index (χ3v) is 3.71. The maximum Gasteiger partial charge on any atom is 0.231 e. The van der Waals surface area contributed by atoms with Crippen molar-refractivity contribution in [3.8, 4) is 11.5 Å². The fourth-order valence-electron chi connectivity index (χ4n) is 2.33. The van der Waals surface area contributed by atoms with Crippen molar-refractivity contribution in [1.29, 1.82) is 0 Å². The lowest BCUT2D eigenvalue weighted by Gasteiger charge is -2.15. The molecule has 0 amide bonds. The first-order valence-electron chi connectivity index (χ1n) is 7.08. The van der Waals surface area contributed by atoms with Crippen LogP contribution in [0.2, 0.25) is 0 Å². The number of rotatable bonds is 5. The molecule has 0 spiro atoms. The Kier molecular flexibility index (Phi) is 4.08. The van der Waals surface area contributed by atoms with E-state index in [1.54, 1.807) is 0 Å². The van der Waals surface area contributed by atoms with Crippen LogP contribution in [0.3, 0.4) is 0 Å². The van der Waals surface area contributed by atoms with Gasteiger partial charge in [0.2, 0.25) is 6.79 Å². The van der Waals surface area contributed by atoms with Crippen LogP contribution in [-0.2, 0) is 13.2 Å². The Morgan fingerprint density at radius 2 is 1.76 bits per heavy atom. The summed E-state index contributed by atoms with van der Waals surface area (Å²) in [6.45, 7) is 3.29. The summed E-state index contributed by atoms with van der Waals surface area (Å²) in [5.41, 5.74) is 3.30. The van der Waals surface area contributed by atoms with Gasteiger partial charge in [0, 0.05) is 12.6 Å². The zero-order chi connectivity index (χ0) is 14.7. The summed E-state index contributed by atoms with van der Waals surface area (Å²) in [7, 11) is 0. The molecule has 2 N–H and O–H groups in total. The number of aliphatic hydroxyl groups excluding tert-OH is 1. The molecule has 1 atom stereocenters. The zero-order valence-electron chi connectivity index (χ0n) is 12.0. The van der Waals surface area contributed by atoms with E-state index in [4.69, 9.17) is 14.6 Å². The molecule has 0 saturated heterocycles. The summed E-state index contributed by atoms with van der Waals surface area (Å²) in [5.74, 6) is 1.62. The lowest BCUT2D eigenvalue weighted by Crippen LogP contribution is -2.18. The Hall–Kier alpha value is -2.04. The highest BCUT2D eigenvalue weighted by atomic mass is 16.7. The summed E-state index contributed by atoms with van der Waals surface area (Å²) in [6, 6.07) is 14.2. The molecule has 110 valence electrons. The van der Waals surface area contributed by atoms with E-state index < -0.39 is 0 Å². The second kappa shape index (κ2) is 6.16. The SMILES string of the molecule is CC(NCc1ccc(CO)cc1)c1ccc2c(c1)OCO2. The maximum absolute atomic E-state index is 9.03. The maximum atomic E-state index is 9.03. The van der Waals surface area contributed by atoms with Gasteiger partial charge < -0.3 is 19.9 Å². The van der Waals surface area contributed by atoms with Crippen molar-refractivity contribution in [1.82, 2.24) is 5.32 Å². The molecular weight excluding hydrogens is 266 g/mol. The van der Waals surface area contributed by atoms with Gasteiger partial charge in [-0.25, -0.2) is 0 Å². The van der Waals surface area contributed by atoms with Crippen molar-refractivity contribution in [2.45, 2.75) is 26.1 Å². The van der Waals surface area contributed by atoms with Crippen LogP contribution in [0.25, 0.3) is 0 Å². The fraction of sp³-hybridized carbons (Fsp3) is 0.294. The third-order valence-electron chi connectivity index (χ3n) is 3.71. The first-order chi connectivity index (χ1) is 10.3. The standard InChI is InChI=1S/C17H19NO3/c1-12(15-6-7-16-17(8-15)21-11-20-16)18-9-13-2-4-14(10-19)5-3-13/h2-8,12,18-19H,9-11H2,1H3. The Labute approximate surface area is 124 Å². The predicted molar refractivity (Wildman–Crippen MR) is 80.2 cm³/mol. The number of hydrogen-bond acceptors (Lipinski definition) is 4. The van der Waals surface area contributed by atoms with Gasteiger partial charge in [-0.2, -0.15) is 0 Å². The third kappa shape index (κ3) is 3.17. The van der Waals surface area contributed by atoms with Crippen LogP contribution in [0.4, 0.5) is 0 Å². The molecule has 0 saturated carbocycles. The second-order valence-electron chi connectivity index (χ2n) is 5.19. The molecular formula is C17H19NO3. The van der Waals surface area contributed by atoms with Gasteiger partial charge >= 0.3 is 0 Å². The number of aliphatic hydroxyl groups is 1. The van der Waals surface area contributed by atoms with Gasteiger partial charge in [-0.1, -0.05) is 30.3 Å². The van der Waals surface area contributed by atoms with E-state index in [0.29, 0.717) is 6.79 Å². The quantitative estimate of drug-likeness (QED) is 0.887. The summed E-state index contributed by atoms with van der Waals surface area (Å²) in [6.07, 6.45) is 0. The molecule has 0 aliphatic carbocycles. The molecule has 2 aromatic rings. The summed E-state index contributed by atoms with van der Waals surface area (Å²) in [5, 5.41) is 12.5. The van der Waals surface area contributed by atoms with Gasteiger partial charge in [0.05, 0.1) is 6.61 Å². The second-order valence-corrected chi connectivity index (χ2v) is 5.19. The summed E-state index contributed by atoms with van der Waals surface area (Å²) >= 11 is 0. The van der Waals surface area contributed by atoms with Crippen molar-refractivity contribution >= 4 is 0 Å². The largest absolute Gasteiger partial charge is 0.454 e. The van der Waals surface area contributed by atoms with Crippen LogP contribution in [0.1, 0.15) is 29.7 Å². The minimum Gasteiger partial charge on any atom is -0.454 e. The number of ether oxygens (including phenoxy) is 2. The fourth-order valence-corrected chi connectivity index (χ4v) is 2.33. The average molecular weight is 285 g/mol. The van der Waals surface area contributed by atoms with Crippen LogP contribution >= 0.6 is 0 Å². The number of hydrogen-bond donors (Lipinski definition) is 2. The highest BCUT2D eigenvalue weighted by Crippen LogP contribution is 2.34. The normalized spacial score (nSPS) is 14.2. The Balaban J connectivity index is 1.61. The smallest absolute Gasteiger partial charge is 0.231 e. The molecule has 3 rings (SSSR count). The van der Waals surface area contributed by atoms with Crippen molar-refractivity contribution in [2.24, 2.45) is 0 Å². The van der Waals surface area contributed by atoms with E-state index in [1.165, 1.54) is 11.1 Å². The molecule has 21 heavy (non-hydrogen) atoms. The number of nitrogens with one attached hydrogen (secondary N) is 1. The lowest BCUT2D eigenvalue weighted by molar-refractivity contribution is 0.174. The van der Waals surface area contributed by atoms with Crippen LogP contribution in [0.15, 0.2) is 42.5 Å². The Morgan fingerprint density at radius 3 is 2.52 bits per heavy atom. The van der Waals surface area contributed by atoms with Crippen molar-refractivity contribution in [3.05, 3.63) is 59.2 Å². The molecule has 4 nitrogen and oxygen atoms in total. The van der Waals surface area contributed by atoms with Crippen LogP contribution in [0, 0.1) is 0 Å². The highest BCUT2D eigenvalue weighted by Gasteiger charge is 2.15. The van der Waals surface area contributed by atoms with Crippen LogP contribution < -0.4 is 14.8 Å². The van der Waals surface area contributed by atoms with Gasteiger partial charge in [0.25, 0.3) is 0 Å². The first-order valence-corrected chi connectivity index (χ1v) is 7.08. The molecule has 0 fully saturated rings. The van der Waals surface area contributed by atoms with Gasteiger partial charge in [-0.15, -0.1) is 0 Å². The van der Waals surface area contributed by atoms with E-state index in [2.05, 4.69) is 18.3 Å². The van der Waals surface area contributed by atoms with Crippen LogP contribution in [0.5, 0.6) is 11.5 Å². The molecule has 1 aliphatic heterocycles. The van der Waals surface area contributed by atoms with Crippen molar-refractivity contribution in [2.75, 3.05) is 6.79 Å². The molecule has 1 unspecified atom stereocenters. The van der Waals surface area contributed by atoms with E-state index in [9.17, 15) is 0 Å². The van der Waals surface area contributed by atoms with Gasteiger partial charge in [-0.05, 0) is 35.7 Å². The summed E-state index contributed by atoms with van der Waals surface area (Å²) < 4.78 is 10.7. The molecule has 0 radical (unpaired) electrons. The molecule has 1 heterocycles. The van der Waals surface area contributed by atoms with E-state index in [-0.39, 0.29) is 12.6 Å². The van der Waals surface area contributed by atoms with E-state index >= 15 is 0 Å². The van der Waals surface area contributed by atoms with Gasteiger partial charge in [-0.3, -0.25) is 0 Å². The topological polar surface area (TPSA) is 50.7 Å². The minimum atomic E-state index is 0.0846.